The number of benzene rings is 2. The molecule has 0 unspecified atom stereocenters. The van der Waals surface area contributed by atoms with Gasteiger partial charge in [-0.25, -0.2) is 5.43 Å². The van der Waals surface area contributed by atoms with Gasteiger partial charge in [-0.2, -0.15) is 5.10 Å². The van der Waals surface area contributed by atoms with Crippen molar-refractivity contribution in [1.29, 1.82) is 0 Å². The summed E-state index contributed by atoms with van der Waals surface area (Å²) in [5.74, 6) is -0.579. The summed E-state index contributed by atoms with van der Waals surface area (Å²) < 4.78 is 0. The second-order valence-electron chi connectivity index (χ2n) is 4.93. The average molecular weight is 295 g/mol. The molecule has 1 amide bonds. The highest BCUT2D eigenvalue weighted by Crippen LogP contribution is 2.22. The fraction of sp³-hybridized carbons (Fsp3) is 0.125. The second kappa shape index (κ2) is 5.77. The fourth-order valence-electron chi connectivity index (χ4n) is 2.53. The lowest BCUT2D eigenvalue weighted by atomic mass is 10.1. The van der Waals surface area contributed by atoms with Gasteiger partial charge in [0.1, 0.15) is 5.56 Å². The van der Waals surface area contributed by atoms with Crippen molar-refractivity contribution in [1.82, 2.24) is 5.43 Å². The lowest BCUT2D eigenvalue weighted by Crippen LogP contribution is -2.20. The van der Waals surface area contributed by atoms with Gasteiger partial charge in [-0.15, -0.1) is 0 Å². The highest BCUT2D eigenvalue weighted by Gasteiger charge is 2.20. The van der Waals surface area contributed by atoms with Crippen LogP contribution in [0, 0.1) is 10.1 Å². The van der Waals surface area contributed by atoms with E-state index >= 15 is 0 Å². The molecular formula is C16H13N3O3. The van der Waals surface area contributed by atoms with E-state index in [1.807, 2.05) is 24.3 Å². The largest absolute Gasteiger partial charge is 0.282 e. The molecular weight excluding hydrogens is 282 g/mol. The normalized spacial score (nSPS) is 14.6. The van der Waals surface area contributed by atoms with Crippen LogP contribution in [-0.2, 0) is 6.42 Å². The van der Waals surface area contributed by atoms with Gasteiger partial charge in [0.05, 0.1) is 10.6 Å². The van der Waals surface area contributed by atoms with E-state index in [2.05, 4.69) is 10.5 Å². The molecule has 0 fully saturated rings. The molecule has 0 spiro atoms. The van der Waals surface area contributed by atoms with Gasteiger partial charge < -0.3 is 0 Å². The van der Waals surface area contributed by atoms with E-state index in [9.17, 15) is 14.9 Å². The number of nitro benzene ring substituents is 1. The van der Waals surface area contributed by atoms with Crippen molar-refractivity contribution in [3.05, 3.63) is 75.3 Å². The molecule has 6 heteroatoms. The Morgan fingerprint density at radius 1 is 1.09 bits per heavy atom. The first-order valence-corrected chi connectivity index (χ1v) is 6.85. The number of aryl methyl sites for hydroxylation is 1. The van der Waals surface area contributed by atoms with Gasteiger partial charge in [0, 0.05) is 11.6 Å². The molecule has 0 atom stereocenters. The number of nitro groups is 1. The van der Waals surface area contributed by atoms with Crippen LogP contribution in [0.2, 0.25) is 0 Å². The molecule has 1 aliphatic rings. The SMILES string of the molecule is O=C(N/N=C1\CCc2ccccc21)c1ccccc1[N+](=O)[O-]. The van der Waals surface area contributed by atoms with Crippen LogP contribution in [-0.4, -0.2) is 16.5 Å². The lowest BCUT2D eigenvalue weighted by molar-refractivity contribution is -0.385. The number of hydrazone groups is 1. The van der Waals surface area contributed by atoms with Gasteiger partial charge >= 0.3 is 0 Å². The summed E-state index contributed by atoms with van der Waals surface area (Å²) in [6.45, 7) is 0. The maximum Gasteiger partial charge on any atom is 0.282 e. The molecule has 1 aliphatic carbocycles. The number of para-hydroxylation sites is 1. The molecule has 0 saturated heterocycles. The number of hydrogen-bond acceptors (Lipinski definition) is 4. The van der Waals surface area contributed by atoms with Crippen molar-refractivity contribution in [2.45, 2.75) is 12.8 Å². The topological polar surface area (TPSA) is 84.6 Å². The van der Waals surface area contributed by atoms with Crippen molar-refractivity contribution < 1.29 is 9.72 Å². The predicted octanol–water partition coefficient (Wildman–Crippen LogP) is 2.68. The van der Waals surface area contributed by atoms with Gasteiger partial charge in [-0.05, 0) is 24.5 Å². The first kappa shape index (κ1) is 13.9. The van der Waals surface area contributed by atoms with Gasteiger partial charge in [0.15, 0.2) is 0 Å². The summed E-state index contributed by atoms with van der Waals surface area (Å²) in [5.41, 5.74) is 5.20. The maximum absolute atomic E-state index is 12.1. The van der Waals surface area contributed by atoms with Crippen molar-refractivity contribution in [2.24, 2.45) is 5.10 Å². The minimum Gasteiger partial charge on any atom is -0.267 e. The summed E-state index contributed by atoms with van der Waals surface area (Å²) in [5, 5.41) is 15.1. The number of carbonyl (C=O) groups excluding carboxylic acids is 1. The third-order valence-electron chi connectivity index (χ3n) is 3.60. The predicted molar refractivity (Wildman–Crippen MR) is 81.9 cm³/mol. The molecule has 22 heavy (non-hydrogen) atoms. The zero-order chi connectivity index (χ0) is 15.5. The van der Waals surface area contributed by atoms with Crippen LogP contribution in [0.25, 0.3) is 0 Å². The van der Waals surface area contributed by atoms with Crippen LogP contribution in [0.1, 0.15) is 27.9 Å². The molecule has 2 aromatic rings. The van der Waals surface area contributed by atoms with Gasteiger partial charge in [0.2, 0.25) is 0 Å². The Morgan fingerprint density at radius 3 is 2.64 bits per heavy atom. The molecule has 1 N–H and O–H groups in total. The number of nitrogens with one attached hydrogen (secondary N) is 1. The van der Waals surface area contributed by atoms with E-state index < -0.39 is 10.8 Å². The quantitative estimate of drug-likeness (QED) is 0.697. The summed E-state index contributed by atoms with van der Waals surface area (Å²) in [7, 11) is 0. The second-order valence-corrected chi connectivity index (χ2v) is 4.93. The molecule has 110 valence electrons. The van der Waals surface area contributed by atoms with E-state index in [1.165, 1.54) is 23.8 Å². The number of amides is 1. The van der Waals surface area contributed by atoms with Crippen molar-refractivity contribution in [3.63, 3.8) is 0 Å². The molecule has 2 aromatic carbocycles. The van der Waals surface area contributed by atoms with Crippen LogP contribution < -0.4 is 5.43 Å². The van der Waals surface area contributed by atoms with Crippen molar-refractivity contribution >= 4 is 17.3 Å². The number of nitrogens with zero attached hydrogens (tertiary/aromatic N) is 2. The van der Waals surface area contributed by atoms with Crippen molar-refractivity contribution in [3.8, 4) is 0 Å². The van der Waals surface area contributed by atoms with Crippen LogP contribution in [0.4, 0.5) is 5.69 Å². The van der Waals surface area contributed by atoms with E-state index in [1.54, 1.807) is 6.07 Å². The Balaban J connectivity index is 1.82. The van der Waals surface area contributed by atoms with E-state index in [0.29, 0.717) is 0 Å². The first-order chi connectivity index (χ1) is 10.7. The summed E-state index contributed by atoms with van der Waals surface area (Å²) in [4.78, 5) is 22.5. The summed E-state index contributed by atoms with van der Waals surface area (Å²) in [6.07, 6.45) is 1.63. The monoisotopic (exact) mass is 295 g/mol. The van der Waals surface area contributed by atoms with Crippen LogP contribution in [0.5, 0.6) is 0 Å². The molecule has 0 saturated carbocycles. The van der Waals surface area contributed by atoms with Gasteiger partial charge in [-0.1, -0.05) is 36.4 Å². The number of rotatable bonds is 3. The number of hydrogen-bond donors (Lipinski definition) is 1. The minimum absolute atomic E-state index is 0.00290. The van der Waals surface area contributed by atoms with Gasteiger partial charge in [-0.3, -0.25) is 14.9 Å². The summed E-state index contributed by atoms with van der Waals surface area (Å²) >= 11 is 0. The zero-order valence-electron chi connectivity index (χ0n) is 11.7. The Kier molecular flexibility index (Phi) is 3.65. The summed E-state index contributed by atoms with van der Waals surface area (Å²) in [6, 6.07) is 13.7. The molecule has 0 radical (unpaired) electrons. The van der Waals surface area contributed by atoms with Crippen LogP contribution >= 0.6 is 0 Å². The standard InChI is InChI=1S/C16H13N3O3/c20-16(13-7-3-4-8-15(13)19(21)22)18-17-14-10-9-11-5-1-2-6-12(11)14/h1-8H,9-10H2,(H,18,20)/b17-14+. The highest BCUT2D eigenvalue weighted by molar-refractivity contribution is 6.06. The smallest absolute Gasteiger partial charge is 0.267 e. The number of carbonyl (C=O) groups is 1. The molecule has 6 nitrogen and oxygen atoms in total. The highest BCUT2D eigenvalue weighted by atomic mass is 16.6. The molecule has 0 aliphatic heterocycles. The molecule has 0 aromatic heterocycles. The number of fused-ring (bicyclic) bond motifs is 1. The van der Waals surface area contributed by atoms with E-state index in [-0.39, 0.29) is 11.3 Å². The maximum atomic E-state index is 12.1. The fourth-order valence-corrected chi connectivity index (χ4v) is 2.53. The third kappa shape index (κ3) is 2.58. The third-order valence-corrected chi connectivity index (χ3v) is 3.60. The molecule has 0 heterocycles. The average Bonchev–Trinajstić information content (AvgIpc) is 2.96. The van der Waals surface area contributed by atoms with Crippen LogP contribution in [0.15, 0.2) is 53.6 Å². The van der Waals surface area contributed by atoms with E-state index in [4.69, 9.17) is 0 Å². The Morgan fingerprint density at radius 2 is 1.82 bits per heavy atom. The first-order valence-electron chi connectivity index (χ1n) is 6.85. The Bertz CT molecular complexity index is 784. The molecule has 0 bridgehead atoms. The van der Waals surface area contributed by atoms with E-state index in [0.717, 1.165) is 24.1 Å². The van der Waals surface area contributed by atoms with Crippen LogP contribution in [0.3, 0.4) is 0 Å². The zero-order valence-corrected chi connectivity index (χ0v) is 11.7. The Hall–Kier alpha value is -3.02. The molecule has 3 rings (SSSR count). The minimum atomic E-state index is -0.579. The lowest BCUT2D eigenvalue weighted by Gasteiger charge is -2.03. The Labute approximate surface area is 126 Å². The van der Waals surface area contributed by atoms with Crippen molar-refractivity contribution in [2.75, 3.05) is 0 Å². The van der Waals surface area contributed by atoms with Gasteiger partial charge in [0.25, 0.3) is 11.6 Å².